The second-order valence-corrected chi connectivity index (χ2v) is 5.09. The van der Waals surface area contributed by atoms with Crippen molar-refractivity contribution >= 4 is 23.2 Å². The highest BCUT2D eigenvalue weighted by Crippen LogP contribution is 2.22. The number of benzene rings is 2. The summed E-state index contributed by atoms with van der Waals surface area (Å²) in [5.41, 5.74) is 0.870. The first-order valence-electron chi connectivity index (χ1n) is 6.35. The maximum absolute atomic E-state index is 13.4. The number of carbonyl (C=O) groups excluding carboxylic acids is 1. The van der Waals surface area contributed by atoms with Crippen molar-refractivity contribution in [1.82, 2.24) is 5.32 Å². The van der Waals surface area contributed by atoms with Gasteiger partial charge in [0.2, 0.25) is 0 Å². The fourth-order valence-corrected chi connectivity index (χ4v) is 2.03. The fourth-order valence-electron chi connectivity index (χ4n) is 1.82. The van der Waals surface area contributed by atoms with Gasteiger partial charge in [-0.15, -0.1) is 0 Å². The molecule has 0 spiro atoms. The van der Waals surface area contributed by atoms with Crippen LogP contribution in [0.3, 0.4) is 0 Å². The van der Waals surface area contributed by atoms with Crippen LogP contribution in [-0.4, -0.2) is 10.8 Å². The average Bonchev–Trinajstić information content (AvgIpc) is 2.48. The van der Waals surface area contributed by atoms with Gasteiger partial charge in [0, 0.05) is 18.7 Å². The lowest BCUT2D eigenvalue weighted by atomic mass is 10.1. The average molecular weight is 323 g/mol. The van der Waals surface area contributed by atoms with E-state index in [1.807, 2.05) is 0 Å². The summed E-state index contributed by atoms with van der Waals surface area (Å²) in [6, 6.07) is 8.23. The van der Waals surface area contributed by atoms with Gasteiger partial charge in [-0.2, -0.15) is 0 Å². The zero-order valence-electron chi connectivity index (χ0n) is 11.6. The first kappa shape index (κ1) is 15.9. The second kappa shape index (κ2) is 6.53. The van der Waals surface area contributed by atoms with Crippen molar-refractivity contribution in [3.63, 3.8) is 0 Å². The molecule has 2 aromatic rings. The van der Waals surface area contributed by atoms with Crippen LogP contribution >= 0.6 is 11.6 Å². The van der Waals surface area contributed by atoms with Crippen LogP contribution < -0.4 is 5.32 Å². The molecule has 5 nitrogen and oxygen atoms in total. The summed E-state index contributed by atoms with van der Waals surface area (Å²) >= 11 is 5.88. The molecule has 0 aliphatic carbocycles. The van der Waals surface area contributed by atoms with Crippen LogP contribution in [0.15, 0.2) is 36.4 Å². The van der Waals surface area contributed by atoms with Gasteiger partial charge < -0.3 is 5.32 Å². The molecule has 1 N–H and O–H groups in total. The fraction of sp³-hybridized carbons (Fsp3) is 0.133. The Labute approximate surface area is 130 Å². The number of carbonyl (C=O) groups is 1. The summed E-state index contributed by atoms with van der Waals surface area (Å²) in [6.45, 7) is 1.73. The summed E-state index contributed by atoms with van der Waals surface area (Å²) in [5.74, 6) is -0.921. The second-order valence-electron chi connectivity index (χ2n) is 4.69. The van der Waals surface area contributed by atoms with E-state index in [1.54, 1.807) is 19.1 Å². The van der Waals surface area contributed by atoms with E-state index in [0.717, 1.165) is 6.07 Å². The molecule has 2 aromatic carbocycles. The van der Waals surface area contributed by atoms with E-state index in [1.165, 1.54) is 18.2 Å². The highest BCUT2D eigenvalue weighted by Gasteiger charge is 2.15. The molecular formula is C15H12ClFN2O3. The van der Waals surface area contributed by atoms with Gasteiger partial charge in [0.1, 0.15) is 5.82 Å². The lowest BCUT2D eigenvalue weighted by Crippen LogP contribution is -2.23. The van der Waals surface area contributed by atoms with Gasteiger partial charge in [0.05, 0.1) is 15.5 Å². The monoisotopic (exact) mass is 322 g/mol. The quantitative estimate of drug-likeness (QED) is 0.690. The van der Waals surface area contributed by atoms with Crippen LogP contribution in [0.25, 0.3) is 0 Å². The Morgan fingerprint density at radius 3 is 2.68 bits per heavy atom. The third-order valence-corrected chi connectivity index (χ3v) is 3.42. The predicted molar refractivity (Wildman–Crippen MR) is 80.4 cm³/mol. The largest absolute Gasteiger partial charge is 0.348 e. The van der Waals surface area contributed by atoms with E-state index in [2.05, 4.69) is 5.32 Å². The Balaban J connectivity index is 2.13. The maximum Gasteiger partial charge on any atom is 0.270 e. The molecule has 0 heterocycles. The highest BCUT2D eigenvalue weighted by molar-refractivity contribution is 6.33. The van der Waals surface area contributed by atoms with Crippen molar-refractivity contribution in [3.05, 3.63) is 74.0 Å². The van der Waals surface area contributed by atoms with Crippen molar-refractivity contribution in [1.29, 1.82) is 0 Å². The summed E-state index contributed by atoms with van der Waals surface area (Å²) in [5, 5.41) is 13.4. The third kappa shape index (κ3) is 3.59. The number of nitrogens with one attached hydrogen (secondary N) is 1. The van der Waals surface area contributed by atoms with E-state index >= 15 is 0 Å². The molecule has 0 aliphatic rings. The summed E-state index contributed by atoms with van der Waals surface area (Å²) in [4.78, 5) is 22.2. The number of nitro benzene ring substituents is 1. The Bertz CT molecular complexity index is 750. The number of nitrogens with zero attached hydrogens (tertiary/aromatic N) is 1. The van der Waals surface area contributed by atoms with Crippen LogP contribution in [0.2, 0.25) is 5.02 Å². The molecule has 22 heavy (non-hydrogen) atoms. The molecule has 1 amide bonds. The zero-order chi connectivity index (χ0) is 16.3. The Hall–Kier alpha value is -2.47. The van der Waals surface area contributed by atoms with E-state index < -0.39 is 10.8 Å². The van der Waals surface area contributed by atoms with E-state index in [-0.39, 0.29) is 28.6 Å². The summed E-state index contributed by atoms with van der Waals surface area (Å²) in [7, 11) is 0. The summed E-state index contributed by atoms with van der Waals surface area (Å²) < 4.78 is 13.4. The van der Waals surface area contributed by atoms with Crippen LogP contribution in [-0.2, 0) is 6.54 Å². The topological polar surface area (TPSA) is 72.2 Å². The first-order valence-corrected chi connectivity index (χ1v) is 6.73. The number of halogens is 2. The molecule has 0 saturated heterocycles. The Kier molecular flexibility index (Phi) is 4.72. The molecule has 0 radical (unpaired) electrons. The molecule has 0 aromatic heterocycles. The van der Waals surface area contributed by atoms with Gasteiger partial charge in [-0.25, -0.2) is 4.39 Å². The van der Waals surface area contributed by atoms with Crippen molar-refractivity contribution in [2.24, 2.45) is 0 Å². The number of amides is 1. The number of aryl methyl sites for hydroxylation is 1. The predicted octanol–water partition coefficient (Wildman–Crippen LogP) is 3.63. The van der Waals surface area contributed by atoms with E-state index in [4.69, 9.17) is 11.6 Å². The standard InChI is InChI=1S/C15H12ClFN2O3/c1-9-2-3-10(6-14(9)17)8-18-15(20)12-7-11(19(21)22)4-5-13(12)16/h2-7H,8H2,1H3,(H,18,20). The van der Waals surface area contributed by atoms with Crippen LogP contribution in [0, 0.1) is 22.9 Å². The first-order chi connectivity index (χ1) is 10.4. The van der Waals surface area contributed by atoms with E-state index in [9.17, 15) is 19.3 Å². The molecule has 2 rings (SSSR count). The van der Waals surface area contributed by atoms with Gasteiger partial charge in [-0.05, 0) is 30.2 Å². The minimum atomic E-state index is -0.609. The molecule has 0 aliphatic heterocycles. The van der Waals surface area contributed by atoms with Crippen molar-refractivity contribution in [2.45, 2.75) is 13.5 Å². The lowest BCUT2D eigenvalue weighted by Gasteiger charge is -2.07. The van der Waals surface area contributed by atoms with E-state index in [0.29, 0.717) is 11.1 Å². The third-order valence-electron chi connectivity index (χ3n) is 3.09. The summed E-state index contributed by atoms with van der Waals surface area (Å²) in [6.07, 6.45) is 0. The Morgan fingerprint density at radius 2 is 2.05 bits per heavy atom. The molecule has 0 fully saturated rings. The minimum absolute atomic E-state index is 0.00319. The number of rotatable bonds is 4. The van der Waals surface area contributed by atoms with Gasteiger partial charge >= 0.3 is 0 Å². The number of nitro groups is 1. The van der Waals surface area contributed by atoms with Crippen LogP contribution in [0.4, 0.5) is 10.1 Å². The smallest absolute Gasteiger partial charge is 0.270 e. The number of hydrogen-bond acceptors (Lipinski definition) is 3. The number of non-ortho nitro benzene ring substituents is 1. The molecule has 7 heteroatoms. The Morgan fingerprint density at radius 1 is 1.32 bits per heavy atom. The number of hydrogen-bond donors (Lipinski definition) is 1. The highest BCUT2D eigenvalue weighted by atomic mass is 35.5. The van der Waals surface area contributed by atoms with Crippen molar-refractivity contribution in [2.75, 3.05) is 0 Å². The lowest BCUT2D eigenvalue weighted by molar-refractivity contribution is -0.384. The van der Waals surface area contributed by atoms with Crippen molar-refractivity contribution in [3.8, 4) is 0 Å². The zero-order valence-corrected chi connectivity index (χ0v) is 12.4. The normalized spacial score (nSPS) is 10.3. The van der Waals surface area contributed by atoms with Crippen molar-refractivity contribution < 1.29 is 14.1 Å². The maximum atomic E-state index is 13.4. The molecule has 114 valence electrons. The molecule has 0 bridgehead atoms. The van der Waals surface area contributed by atoms with Gasteiger partial charge in [0.15, 0.2) is 0 Å². The minimum Gasteiger partial charge on any atom is -0.348 e. The van der Waals surface area contributed by atoms with Crippen LogP contribution in [0.1, 0.15) is 21.5 Å². The molecule has 0 unspecified atom stereocenters. The van der Waals surface area contributed by atoms with Gasteiger partial charge in [-0.1, -0.05) is 23.7 Å². The SMILES string of the molecule is Cc1ccc(CNC(=O)c2cc([N+](=O)[O-])ccc2Cl)cc1F. The van der Waals surface area contributed by atoms with Crippen LogP contribution in [0.5, 0.6) is 0 Å². The molecular weight excluding hydrogens is 311 g/mol. The van der Waals surface area contributed by atoms with Gasteiger partial charge in [-0.3, -0.25) is 14.9 Å². The van der Waals surface area contributed by atoms with Gasteiger partial charge in [0.25, 0.3) is 11.6 Å². The molecule has 0 atom stereocenters. The molecule has 0 saturated carbocycles.